The molecular formula is C19H23N3O3S2. The number of thiazole rings is 1. The van der Waals surface area contributed by atoms with E-state index in [4.69, 9.17) is 0 Å². The molecule has 1 aliphatic heterocycles. The molecular weight excluding hydrogens is 382 g/mol. The Morgan fingerprint density at radius 1 is 1.33 bits per heavy atom. The van der Waals surface area contributed by atoms with E-state index < -0.39 is 6.09 Å². The van der Waals surface area contributed by atoms with Crippen LogP contribution in [-0.2, 0) is 28.9 Å². The molecule has 3 rings (SSSR count). The lowest BCUT2D eigenvalue weighted by atomic mass is 10.1. The Balaban J connectivity index is 1.59. The molecule has 0 bridgehead atoms. The molecule has 6 nitrogen and oxygen atoms in total. The number of hydrogen-bond donors (Lipinski definition) is 1. The van der Waals surface area contributed by atoms with Crippen molar-refractivity contribution in [2.45, 2.75) is 43.4 Å². The summed E-state index contributed by atoms with van der Waals surface area (Å²) in [7, 11) is 1.32. The summed E-state index contributed by atoms with van der Waals surface area (Å²) in [5, 5.41) is 3.65. The van der Waals surface area contributed by atoms with Crippen LogP contribution < -0.4 is 5.32 Å². The predicted molar refractivity (Wildman–Crippen MR) is 108 cm³/mol. The fourth-order valence-electron chi connectivity index (χ4n) is 2.84. The van der Waals surface area contributed by atoms with E-state index in [1.165, 1.54) is 23.3 Å². The van der Waals surface area contributed by atoms with Gasteiger partial charge in [-0.25, -0.2) is 9.78 Å². The van der Waals surface area contributed by atoms with Crippen LogP contribution in [0, 0.1) is 0 Å². The topological polar surface area (TPSA) is 71.5 Å². The summed E-state index contributed by atoms with van der Waals surface area (Å²) in [5.41, 5.74) is 1.97. The van der Waals surface area contributed by atoms with E-state index >= 15 is 0 Å². The maximum Gasteiger partial charge on any atom is 0.413 e. The average Bonchev–Trinajstić information content (AvgIpc) is 3.04. The molecule has 0 saturated carbocycles. The lowest BCUT2D eigenvalue weighted by molar-refractivity contribution is -0.131. The zero-order valence-corrected chi connectivity index (χ0v) is 17.3. The van der Waals surface area contributed by atoms with Crippen LogP contribution in [-0.4, -0.2) is 40.8 Å². The maximum atomic E-state index is 12.7. The number of amides is 2. The third-order valence-electron chi connectivity index (χ3n) is 4.13. The normalized spacial score (nSPS) is 13.4. The zero-order valence-electron chi connectivity index (χ0n) is 15.7. The van der Waals surface area contributed by atoms with Crippen molar-refractivity contribution in [3.63, 3.8) is 0 Å². The number of rotatable bonds is 5. The second-order valence-electron chi connectivity index (χ2n) is 6.56. The van der Waals surface area contributed by atoms with Gasteiger partial charge < -0.3 is 9.64 Å². The predicted octanol–water partition coefficient (Wildman–Crippen LogP) is 3.95. The molecule has 0 saturated heterocycles. The van der Waals surface area contributed by atoms with Crippen LogP contribution in [0.1, 0.15) is 30.0 Å². The van der Waals surface area contributed by atoms with Crippen LogP contribution in [0.4, 0.5) is 9.93 Å². The quantitative estimate of drug-likeness (QED) is 0.763. The third-order valence-corrected chi connectivity index (χ3v) is 6.14. The van der Waals surface area contributed by atoms with E-state index in [-0.39, 0.29) is 5.91 Å². The minimum absolute atomic E-state index is 0.112. The number of ether oxygens (including phenoxy) is 1. The van der Waals surface area contributed by atoms with Gasteiger partial charge in [-0.3, -0.25) is 10.1 Å². The molecule has 1 aliphatic rings. The van der Waals surface area contributed by atoms with Gasteiger partial charge in [0.05, 0.1) is 25.8 Å². The number of fused-ring (bicyclic) bond motifs is 1. The maximum absolute atomic E-state index is 12.7. The molecule has 0 spiro atoms. The zero-order chi connectivity index (χ0) is 19.4. The van der Waals surface area contributed by atoms with Crippen molar-refractivity contribution in [3.8, 4) is 0 Å². The van der Waals surface area contributed by atoms with Gasteiger partial charge in [0.1, 0.15) is 0 Å². The van der Waals surface area contributed by atoms with Gasteiger partial charge in [-0.15, -0.1) is 11.8 Å². The van der Waals surface area contributed by atoms with Crippen molar-refractivity contribution >= 4 is 40.2 Å². The minimum Gasteiger partial charge on any atom is -0.453 e. The Labute approximate surface area is 167 Å². The first-order valence-electron chi connectivity index (χ1n) is 8.81. The summed E-state index contributed by atoms with van der Waals surface area (Å²) in [5.74, 6) is 0.112. The molecule has 1 N–H and O–H groups in total. The molecule has 2 aromatic rings. The summed E-state index contributed by atoms with van der Waals surface area (Å²) in [6.45, 7) is 5.51. The molecule has 0 radical (unpaired) electrons. The number of benzene rings is 1. The molecule has 0 fully saturated rings. The lowest BCUT2D eigenvalue weighted by Gasteiger charge is -2.26. The Hall–Kier alpha value is -2.06. The summed E-state index contributed by atoms with van der Waals surface area (Å²) < 4.78 is 4.59. The second kappa shape index (κ2) is 8.75. The highest BCUT2D eigenvalue weighted by Crippen LogP contribution is 2.29. The number of hydrogen-bond acceptors (Lipinski definition) is 6. The van der Waals surface area contributed by atoms with Crippen molar-refractivity contribution in [3.05, 3.63) is 40.4 Å². The molecule has 2 heterocycles. The molecule has 0 atom stereocenters. The SMILES string of the molecule is COC(=O)Nc1nc2c(s1)CN(C(=O)Cc1ccc(SC(C)C)cc1)CC2. The van der Waals surface area contributed by atoms with Gasteiger partial charge in [-0.2, -0.15) is 0 Å². The first-order valence-corrected chi connectivity index (χ1v) is 10.5. The van der Waals surface area contributed by atoms with Crippen molar-refractivity contribution in [1.29, 1.82) is 0 Å². The van der Waals surface area contributed by atoms with Crippen LogP contribution in [0.2, 0.25) is 0 Å². The summed E-state index contributed by atoms with van der Waals surface area (Å²) in [4.78, 5) is 32.5. The van der Waals surface area contributed by atoms with Crippen molar-refractivity contribution in [1.82, 2.24) is 9.88 Å². The van der Waals surface area contributed by atoms with Crippen LogP contribution in [0.5, 0.6) is 0 Å². The van der Waals surface area contributed by atoms with E-state index in [9.17, 15) is 9.59 Å². The van der Waals surface area contributed by atoms with Crippen molar-refractivity contribution in [2.75, 3.05) is 19.0 Å². The number of aromatic nitrogens is 1. The molecule has 8 heteroatoms. The van der Waals surface area contributed by atoms with E-state index in [1.54, 1.807) is 0 Å². The van der Waals surface area contributed by atoms with E-state index in [2.05, 4.69) is 41.0 Å². The number of nitrogens with one attached hydrogen (secondary N) is 1. The fraction of sp³-hybridized carbons (Fsp3) is 0.421. The van der Waals surface area contributed by atoms with Gasteiger partial charge in [-0.1, -0.05) is 37.3 Å². The number of carbonyl (C=O) groups is 2. The monoisotopic (exact) mass is 405 g/mol. The summed E-state index contributed by atoms with van der Waals surface area (Å²) >= 11 is 3.21. The van der Waals surface area contributed by atoms with E-state index in [0.717, 1.165) is 16.1 Å². The largest absolute Gasteiger partial charge is 0.453 e. The standard InChI is InChI=1S/C19H23N3O3S2/c1-12(2)26-14-6-4-13(5-7-14)10-17(23)22-9-8-15-16(11-22)27-18(20-15)21-19(24)25-3/h4-7,12H,8-11H2,1-3H3,(H,20,21,24). The smallest absolute Gasteiger partial charge is 0.413 e. The van der Waals surface area contributed by atoms with Crippen LogP contribution in [0.15, 0.2) is 29.2 Å². The number of nitrogens with zero attached hydrogens (tertiary/aromatic N) is 2. The molecule has 2 amide bonds. The number of methoxy groups -OCH3 is 1. The number of anilines is 1. The van der Waals surface area contributed by atoms with Gasteiger partial charge in [-0.05, 0) is 17.7 Å². The highest BCUT2D eigenvalue weighted by Gasteiger charge is 2.24. The first kappa shape index (κ1) is 19.7. The molecule has 144 valence electrons. The highest BCUT2D eigenvalue weighted by atomic mass is 32.2. The number of carbonyl (C=O) groups excluding carboxylic acids is 2. The van der Waals surface area contributed by atoms with E-state index in [0.29, 0.717) is 36.3 Å². The summed E-state index contributed by atoms with van der Waals surface area (Å²) in [6, 6.07) is 8.22. The van der Waals surface area contributed by atoms with Crippen molar-refractivity contribution in [2.24, 2.45) is 0 Å². The van der Waals surface area contributed by atoms with Crippen LogP contribution in [0.3, 0.4) is 0 Å². The Morgan fingerprint density at radius 3 is 2.74 bits per heavy atom. The molecule has 27 heavy (non-hydrogen) atoms. The fourth-order valence-corrected chi connectivity index (χ4v) is 4.69. The van der Waals surface area contributed by atoms with Gasteiger partial charge in [0.2, 0.25) is 5.91 Å². The highest BCUT2D eigenvalue weighted by molar-refractivity contribution is 7.99. The van der Waals surface area contributed by atoms with E-state index in [1.807, 2.05) is 28.8 Å². The van der Waals surface area contributed by atoms with Crippen molar-refractivity contribution < 1.29 is 14.3 Å². The Bertz CT molecular complexity index is 818. The van der Waals surface area contributed by atoms with Gasteiger partial charge in [0.25, 0.3) is 0 Å². The third kappa shape index (κ3) is 5.23. The van der Waals surface area contributed by atoms with Gasteiger partial charge in [0, 0.05) is 28.0 Å². The molecule has 1 aromatic heterocycles. The molecule has 0 unspecified atom stereocenters. The van der Waals surface area contributed by atoms with Gasteiger partial charge >= 0.3 is 6.09 Å². The Morgan fingerprint density at radius 2 is 2.07 bits per heavy atom. The minimum atomic E-state index is -0.534. The Kier molecular flexibility index (Phi) is 6.38. The second-order valence-corrected chi connectivity index (χ2v) is 9.29. The lowest BCUT2D eigenvalue weighted by Crippen LogP contribution is -2.36. The average molecular weight is 406 g/mol. The first-order chi connectivity index (χ1) is 12.9. The summed E-state index contributed by atoms with van der Waals surface area (Å²) in [6.07, 6.45) is 0.561. The molecule has 0 aliphatic carbocycles. The molecule has 1 aromatic carbocycles. The van der Waals surface area contributed by atoms with Crippen LogP contribution >= 0.6 is 23.1 Å². The van der Waals surface area contributed by atoms with Crippen LogP contribution in [0.25, 0.3) is 0 Å². The number of thioether (sulfide) groups is 1. The van der Waals surface area contributed by atoms with Gasteiger partial charge in [0.15, 0.2) is 5.13 Å².